The third kappa shape index (κ3) is 7.34. The average molecular weight is 352 g/mol. The van der Waals surface area contributed by atoms with E-state index in [4.69, 9.17) is 0 Å². The fraction of sp³-hybridized carbons (Fsp3) is 0.556. The first-order valence-electron chi connectivity index (χ1n) is 8.53. The molecule has 0 aromatic heterocycles. The molecule has 1 aromatic carbocycles. The number of rotatable bonds is 8. The van der Waals surface area contributed by atoms with Gasteiger partial charge in [-0.2, -0.15) is 0 Å². The van der Waals surface area contributed by atoms with Gasteiger partial charge < -0.3 is 10.6 Å². The molecule has 1 aliphatic carbocycles. The number of halogens is 1. The normalized spacial score (nSPS) is 15.0. The Morgan fingerprint density at radius 2 is 1.71 bits per heavy atom. The molecule has 1 saturated carbocycles. The molecule has 1 fully saturated rings. The molecule has 6 heteroatoms. The van der Waals surface area contributed by atoms with Gasteiger partial charge in [-0.25, -0.2) is 4.39 Å². The zero-order chi connectivity index (χ0) is 17.2. The molecule has 2 rings (SSSR count). The van der Waals surface area contributed by atoms with Crippen LogP contribution in [0.2, 0.25) is 0 Å². The predicted octanol–water partition coefficient (Wildman–Crippen LogP) is 3.58. The number of carbonyl (C=O) groups excluding carboxylic acids is 2. The van der Waals surface area contributed by atoms with E-state index >= 15 is 0 Å². The lowest BCUT2D eigenvalue weighted by Crippen LogP contribution is -2.28. The number of carbonyl (C=O) groups is 2. The molecule has 24 heavy (non-hydrogen) atoms. The van der Waals surface area contributed by atoms with Crippen molar-refractivity contribution in [3.63, 3.8) is 0 Å². The second-order valence-electron chi connectivity index (χ2n) is 6.19. The number of amides is 2. The van der Waals surface area contributed by atoms with E-state index in [-0.39, 0.29) is 29.1 Å². The quantitative estimate of drug-likeness (QED) is 0.752. The van der Waals surface area contributed by atoms with Crippen molar-refractivity contribution in [1.29, 1.82) is 0 Å². The maximum absolute atomic E-state index is 12.8. The smallest absolute Gasteiger partial charge is 0.234 e. The number of benzene rings is 1. The Labute approximate surface area is 147 Å². The molecule has 1 aromatic rings. The van der Waals surface area contributed by atoms with E-state index in [0.29, 0.717) is 5.69 Å². The standard InChI is InChI=1S/C18H25FN2O2S/c19-15-6-8-16(9-7-15)21-18(23)13-24-12-17(22)20-11-10-14-4-2-1-3-5-14/h6-9,14H,1-5,10-13H2,(H,20,22)(H,21,23). The minimum atomic E-state index is -0.340. The first-order chi connectivity index (χ1) is 11.6. The van der Waals surface area contributed by atoms with Crippen molar-refractivity contribution in [3.05, 3.63) is 30.1 Å². The van der Waals surface area contributed by atoms with Gasteiger partial charge >= 0.3 is 0 Å². The molecular weight excluding hydrogens is 327 g/mol. The van der Waals surface area contributed by atoms with E-state index < -0.39 is 0 Å². The third-order valence-corrected chi connectivity index (χ3v) is 5.13. The summed E-state index contributed by atoms with van der Waals surface area (Å²) in [4.78, 5) is 23.5. The first kappa shape index (κ1) is 18.8. The summed E-state index contributed by atoms with van der Waals surface area (Å²) in [5.74, 6) is 0.682. The Hall–Kier alpha value is -1.56. The molecule has 0 unspecified atom stereocenters. The molecule has 1 aliphatic rings. The molecule has 2 N–H and O–H groups in total. The fourth-order valence-electron chi connectivity index (χ4n) is 2.91. The Morgan fingerprint density at radius 1 is 1.04 bits per heavy atom. The van der Waals surface area contributed by atoms with E-state index in [1.165, 1.54) is 68.1 Å². The van der Waals surface area contributed by atoms with Gasteiger partial charge in [0.25, 0.3) is 0 Å². The number of hydrogen-bond acceptors (Lipinski definition) is 3. The van der Waals surface area contributed by atoms with Gasteiger partial charge in [0.05, 0.1) is 11.5 Å². The zero-order valence-corrected chi connectivity index (χ0v) is 14.7. The second-order valence-corrected chi connectivity index (χ2v) is 7.18. The Morgan fingerprint density at radius 3 is 2.42 bits per heavy atom. The summed E-state index contributed by atoms with van der Waals surface area (Å²) >= 11 is 1.28. The van der Waals surface area contributed by atoms with Gasteiger partial charge in [-0.15, -0.1) is 11.8 Å². The van der Waals surface area contributed by atoms with Crippen molar-refractivity contribution >= 4 is 29.3 Å². The highest BCUT2D eigenvalue weighted by molar-refractivity contribution is 8.00. The molecule has 0 heterocycles. The summed E-state index contributed by atoms with van der Waals surface area (Å²) in [5, 5.41) is 5.60. The number of thioether (sulfide) groups is 1. The van der Waals surface area contributed by atoms with Crippen LogP contribution in [0.1, 0.15) is 38.5 Å². The van der Waals surface area contributed by atoms with E-state index in [9.17, 15) is 14.0 Å². The number of nitrogens with one attached hydrogen (secondary N) is 2. The monoisotopic (exact) mass is 352 g/mol. The number of anilines is 1. The summed E-state index contributed by atoms with van der Waals surface area (Å²) in [5.41, 5.74) is 0.555. The molecule has 0 radical (unpaired) electrons. The molecule has 0 atom stereocenters. The molecule has 4 nitrogen and oxygen atoms in total. The maximum atomic E-state index is 12.8. The van der Waals surface area contributed by atoms with Gasteiger partial charge in [0.1, 0.15) is 5.82 Å². The topological polar surface area (TPSA) is 58.2 Å². The van der Waals surface area contributed by atoms with Crippen molar-refractivity contribution in [2.24, 2.45) is 5.92 Å². The molecular formula is C18H25FN2O2S. The molecule has 0 bridgehead atoms. The van der Waals surface area contributed by atoms with Gasteiger partial charge in [-0.3, -0.25) is 9.59 Å². The predicted molar refractivity (Wildman–Crippen MR) is 96.6 cm³/mol. The first-order valence-corrected chi connectivity index (χ1v) is 9.69. The van der Waals surface area contributed by atoms with E-state index in [1.54, 1.807) is 0 Å². The summed E-state index contributed by atoms with van der Waals surface area (Å²) in [6.07, 6.45) is 7.61. The maximum Gasteiger partial charge on any atom is 0.234 e. The highest BCUT2D eigenvalue weighted by Gasteiger charge is 2.13. The second kappa shape index (κ2) is 10.3. The molecule has 0 saturated heterocycles. The third-order valence-electron chi connectivity index (χ3n) is 4.19. The lowest BCUT2D eigenvalue weighted by atomic mass is 9.87. The van der Waals surface area contributed by atoms with Gasteiger partial charge in [0, 0.05) is 12.2 Å². The van der Waals surface area contributed by atoms with E-state index in [1.807, 2.05) is 0 Å². The molecule has 0 aliphatic heterocycles. The molecule has 132 valence electrons. The van der Waals surface area contributed by atoms with Crippen molar-refractivity contribution in [2.45, 2.75) is 38.5 Å². The lowest BCUT2D eigenvalue weighted by molar-refractivity contribution is -0.118. The Kier molecular flexibility index (Phi) is 8.08. The highest BCUT2D eigenvalue weighted by atomic mass is 32.2. The van der Waals surface area contributed by atoms with Crippen molar-refractivity contribution in [1.82, 2.24) is 5.32 Å². The lowest BCUT2D eigenvalue weighted by Gasteiger charge is -2.21. The van der Waals surface area contributed by atoms with Crippen molar-refractivity contribution in [3.8, 4) is 0 Å². The Bertz CT molecular complexity index is 530. The van der Waals surface area contributed by atoms with Crippen LogP contribution >= 0.6 is 11.8 Å². The minimum Gasteiger partial charge on any atom is -0.355 e. The van der Waals surface area contributed by atoms with Gasteiger partial charge in [0.15, 0.2) is 0 Å². The van der Waals surface area contributed by atoms with Crippen LogP contribution in [0.3, 0.4) is 0 Å². The summed E-state index contributed by atoms with van der Waals surface area (Å²) in [6, 6.07) is 5.61. The number of hydrogen-bond donors (Lipinski definition) is 2. The van der Waals surface area contributed by atoms with Crippen LogP contribution in [-0.4, -0.2) is 29.9 Å². The van der Waals surface area contributed by atoms with E-state index in [0.717, 1.165) is 18.9 Å². The minimum absolute atomic E-state index is 0.0228. The summed E-state index contributed by atoms with van der Waals surface area (Å²) in [7, 11) is 0. The zero-order valence-electron chi connectivity index (χ0n) is 13.9. The van der Waals surface area contributed by atoms with Crippen LogP contribution in [0, 0.1) is 11.7 Å². The van der Waals surface area contributed by atoms with Crippen LogP contribution in [0.5, 0.6) is 0 Å². The largest absolute Gasteiger partial charge is 0.355 e. The van der Waals surface area contributed by atoms with Crippen LogP contribution in [0.4, 0.5) is 10.1 Å². The van der Waals surface area contributed by atoms with Gasteiger partial charge in [-0.05, 0) is 36.6 Å². The molecule has 2 amide bonds. The van der Waals surface area contributed by atoms with Gasteiger partial charge in [0.2, 0.25) is 11.8 Å². The average Bonchev–Trinajstić information content (AvgIpc) is 2.58. The van der Waals surface area contributed by atoms with Crippen molar-refractivity contribution in [2.75, 3.05) is 23.4 Å². The fourth-order valence-corrected chi connectivity index (χ4v) is 3.56. The highest BCUT2D eigenvalue weighted by Crippen LogP contribution is 2.25. The summed E-state index contributed by atoms with van der Waals surface area (Å²) in [6.45, 7) is 0.728. The van der Waals surface area contributed by atoms with Crippen LogP contribution in [-0.2, 0) is 9.59 Å². The Balaban J connectivity index is 1.53. The SMILES string of the molecule is O=C(CSCC(=O)Nc1ccc(F)cc1)NCCC1CCCCC1. The summed E-state index contributed by atoms with van der Waals surface area (Å²) < 4.78 is 12.8. The molecule has 0 spiro atoms. The van der Waals surface area contributed by atoms with Crippen LogP contribution in [0.15, 0.2) is 24.3 Å². The van der Waals surface area contributed by atoms with E-state index in [2.05, 4.69) is 10.6 Å². The van der Waals surface area contributed by atoms with Gasteiger partial charge in [-0.1, -0.05) is 32.1 Å². The van der Waals surface area contributed by atoms with Crippen LogP contribution in [0.25, 0.3) is 0 Å². The van der Waals surface area contributed by atoms with Crippen molar-refractivity contribution < 1.29 is 14.0 Å². The van der Waals surface area contributed by atoms with Crippen LogP contribution < -0.4 is 10.6 Å².